The summed E-state index contributed by atoms with van der Waals surface area (Å²) < 4.78 is 24.4. The van der Waals surface area contributed by atoms with Crippen molar-refractivity contribution < 1.29 is 13.5 Å². The smallest absolute Gasteiger partial charge is 0.150 e. The zero-order chi connectivity index (χ0) is 14.0. The van der Waals surface area contributed by atoms with E-state index in [1.54, 1.807) is 0 Å². The second kappa shape index (κ2) is 6.10. The molecule has 3 nitrogen and oxygen atoms in total. The summed E-state index contributed by atoms with van der Waals surface area (Å²) in [4.78, 5) is 0. The molecule has 0 radical (unpaired) electrons. The van der Waals surface area contributed by atoms with Crippen molar-refractivity contribution >= 4 is 32.4 Å². The molecule has 0 aromatic heterocycles. The molecule has 1 saturated carbocycles. The maximum absolute atomic E-state index is 11.7. The third-order valence-electron chi connectivity index (χ3n) is 3.93. The SMILES string of the molecule is CS(=O)(=O)C1CCCC(C(O)c2ccc(I)cc2)C1. The molecule has 0 spiro atoms. The molecule has 1 fully saturated rings. The van der Waals surface area contributed by atoms with E-state index < -0.39 is 15.9 Å². The Bertz CT molecular complexity index is 524. The first-order valence-corrected chi connectivity index (χ1v) is 9.53. The Morgan fingerprint density at radius 1 is 1.26 bits per heavy atom. The van der Waals surface area contributed by atoms with Gasteiger partial charge in [0.15, 0.2) is 0 Å². The summed E-state index contributed by atoms with van der Waals surface area (Å²) in [5, 5.41) is 10.1. The summed E-state index contributed by atoms with van der Waals surface area (Å²) in [6.45, 7) is 0. The molecule has 0 bridgehead atoms. The highest BCUT2D eigenvalue weighted by atomic mass is 127. The molecule has 1 aromatic rings. The number of halogens is 1. The Morgan fingerprint density at radius 2 is 1.89 bits per heavy atom. The first kappa shape index (κ1) is 15.3. The number of hydrogen-bond donors (Lipinski definition) is 1. The Labute approximate surface area is 128 Å². The van der Waals surface area contributed by atoms with E-state index in [1.807, 2.05) is 24.3 Å². The van der Waals surface area contributed by atoms with Gasteiger partial charge in [-0.15, -0.1) is 0 Å². The molecule has 1 aliphatic rings. The fraction of sp³-hybridized carbons (Fsp3) is 0.571. The van der Waals surface area contributed by atoms with Gasteiger partial charge in [0, 0.05) is 9.83 Å². The molecule has 3 unspecified atom stereocenters. The first-order chi connectivity index (χ1) is 8.88. The largest absolute Gasteiger partial charge is 0.388 e. The van der Waals surface area contributed by atoms with Gasteiger partial charge in [0.1, 0.15) is 9.84 Å². The third kappa shape index (κ3) is 3.92. The van der Waals surface area contributed by atoms with Crippen molar-refractivity contribution in [3.63, 3.8) is 0 Å². The van der Waals surface area contributed by atoms with Gasteiger partial charge in [0.25, 0.3) is 0 Å². The van der Waals surface area contributed by atoms with Crippen LogP contribution >= 0.6 is 22.6 Å². The molecule has 3 atom stereocenters. The lowest BCUT2D eigenvalue weighted by Crippen LogP contribution is -2.30. The second-order valence-corrected chi connectivity index (χ2v) is 8.95. The number of benzene rings is 1. The minimum Gasteiger partial charge on any atom is -0.388 e. The van der Waals surface area contributed by atoms with Crippen molar-refractivity contribution in [2.75, 3.05) is 6.26 Å². The average Bonchev–Trinajstić information content (AvgIpc) is 2.38. The van der Waals surface area contributed by atoms with Crippen molar-refractivity contribution in [1.82, 2.24) is 0 Å². The van der Waals surface area contributed by atoms with Gasteiger partial charge in [-0.3, -0.25) is 0 Å². The summed E-state index contributed by atoms with van der Waals surface area (Å²) >= 11 is 2.23. The van der Waals surface area contributed by atoms with Crippen molar-refractivity contribution in [2.45, 2.75) is 37.0 Å². The highest BCUT2D eigenvalue weighted by Gasteiger charge is 2.32. The van der Waals surface area contributed by atoms with Gasteiger partial charge in [0.2, 0.25) is 0 Å². The molecular formula is C14H19IO3S. The molecule has 0 aliphatic heterocycles. The topological polar surface area (TPSA) is 54.4 Å². The van der Waals surface area contributed by atoms with Crippen molar-refractivity contribution in [3.05, 3.63) is 33.4 Å². The van der Waals surface area contributed by atoms with Crippen LogP contribution in [0.15, 0.2) is 24.3 Å². The van der Waals surface area contributed by atoms with Crippen LogP contribution in [0, 0.1) is 9.49 Å². The molecule has 0 saturated heterocycles. The van der Waals surface area contributed by atoms with E-state index >= 15 is 0 Å². The fourth-order valence-electron chi connectivity index (χ4n) is 2.79. The standard InChI is InChI=1S/C14H19IO3S/c1-19(17,18)13-4-2-3-11(9-13)14(16)10-5-7-12(15)8-6-10/h5-8,11,13-14,16H,2-4,9H2,1H3. The lowest BCUT2D eigenvalue weighted by molar-refractivity contribution is 0.0857. The van der Waals surface area contributed by atoms with Gasteiger partial charge in [0.05, 0.1) is 11.4 Å². The minimum atomic E-state index is -2.99. The van der Waals surface area contributed by atoms with E-state index in [4.69, 9.17) is 0 Å². The van der Waals surface area contributed by atoms with Gasteiger partial charge in [-0.05, 0) is 65.5 Å². The highest BCUT2D eigenvalue weighted by molar-refractivity contribution is 14.1. The molecule has 0 heterocycles. The van der Waals surface area contributed by atoms with E-state index in [-0.39, 0.29) is 11.2 Å². The first-order valence-electron chi connectivity index (χ1n) is 6.50. The maximum atomic E-state index is 11.7. The summed E-state index contributed by atoms with van der Waals surface area (Å²) in [7, 11) is -2.99. The molecule has 1 aromatic carbocycles. The van der Waals surface area contributed by atoms with Gasteiger partial charge in [-0.1, -0.05) is 18.6 Å². The molecule has 1 N–H and O–H groups in total. The van der Waals surface area contributed by atoms with Crippen LogP contribution in [0.5, 0.6) is 0 Å². The van der Waals surface area contributed by atoms with E-state index in [9.17, 15) is 13.5 Å². The van der Waals surface area contributed by atoms with Crippen LogP contribution in [-0.2, 0) is 9.84 Å². The number of hydrogen-bond acceptors (Lipinski definition) is 3. The fourth-order valence-corrected chi connectivity index (χ4v) is 4.34. The van der Waals surface area contributed by atoms with Crippen molar-refractivity contribution in [3.8, 4) is 0 Å². The van der Waals surface area contributed by atoms with Crippen LogP contribution in [0.1, 0.15) is 37.4 Å². The molecule has 1 aliphatic carbocycles. The second-order valence-electron chi connectivity index (χ2n) is 5.37. The predicted octanol–water partition coefficient (Wildman–Crippen LogP) is 2.93. The Hall–Kier alpha value is -0.140. The quantitative estimate of drug-likeness (QED) is 0.803. The van der Waals surface area contributed by atoms with E-state index in [2.05, 4.69) is 22.6 Å². The molecule has 19 heavy (non-hydrogen) atoms. The molecule has 2 rings (SSSR count). The summed E-state index contributed by atoms with van der Waals surface area (Å²) in [6.07, 6.45) is 3.84. The van der Waals surface area contributed by atoms with E-state index in [0.717, 1.165) is 28.4 Å². The Kier molecular flexibility index (Phi) is 4.89. The van der Waals surface area contributed by atoms with Gasteiger partial charge < -0.3 is 5.11 Å². The van der Waals surface area contributed by atoms with Crippen molar-refractivity contribution in [1.29, 1.82) is 0 Å². The highest BCUT2D eigenvalue weighted by Crippen LogP contribution is 2.36. The van der Waals surface area contributed by atoms with E-state index in [0.29, 0.717) is 6.42 Å². The number of sulfone groups is 1. The zero-order valence-corrected chi connectivity index (χ0v) is 13.9. The van der Waals surface area contributed by atoms with E-state index in [1.165, 1.54) is 6.26 Å². The predicted molar refractivity (Wildman–Crippen MR) is 84.7 cm³/mol. The molecular weight excluding hydrogens is 375 g/mol. The molecule has 0 amide bonds. The van der Waals surface area contributed by atoms with Crippen LogP contribution in [0.3, 0.4) is 0 Å². The van der Waals surface area contributed by atoms with Gasteiger partial charge in [-0.2, -0.15) is 0 Å². The third-order valence-corrected chi connectivity index (χ3v) is 6.29. The molecule has 5 heteroatoms. The summed E-state index contributed by atoms with van der Waals surface area (Å²) in [6, 6.07) is 7.79. The summed E-state index contributed by atoms with van der Waals surface area (Å²) in [5.41, 5.74) is 0.888. The Balaban J connectivity index is 2.11. The molecule has 106 valence electrons. The van der Waals surface area contributed by atoms with Crippen LogP contribution in [0.25, 0.3) is 0 Å². The van der Waals surface area contributed by atoms with Crippen LogP contribution < -0.4 is 0 Å². The normalized spacial score (nSPS) is 26.1. The van der Waals surface area contributed by atoms with Gasteiger partial charge in [-0.25, -0.2) is 8.42 Å². The number of aliphatic hydroxyl groups is 1. The Morgan fingerprint density at radius 3 is 2.47 bits per heavy atom. The minimum absolute atomic E-state index is 0.0496. The van der Waals surface area contributed by atoms with Crippen LogP contribution in [-0.4, -0.2) is 25.0 Å². The summed E-state index contributed by atoms with van der Waals surface area (Å²) in [5.74, 6) is 0.0496. The lowest BCUT2D eigenvalue weighted by atomic mass is 9.82. The average molecular weight is 394 g/mol. The lowest BCUT2D eigenvalue weighted by Gasteiger charge is -2.31. The monoisotopic (exact) mass is 394 g/mol. The zero-order valence-electron chi connectivity index (χ0n) is 10.9. The van der Waals surface area contributed by atoms with Gasteiger partial charge >= 0.3 is 0 Å². The number of rotatable bonds is 3. The van der Waals surface area contributed by atoms with Crippen molar-refractivity contribution in [2.24, 2.45) is 5.92 Å². The maximum Gasteiger partial charge on any atom is 0.150 e. The van der Waals surface area contributed by atoms with Crippen LogP contribution in [0.4, 0.5) is 0 Å². The number of aliphatic hydroxyl groups excluding tert-OH is 1. The van der Waals surface area contributed by atoms with Crippen LogP contribution in [0.2, 0.25) is 0 Å².